The number of hydrogen-bond acceptors (Lipinski definition) is 7. The van der Waals surface area contributed by atoms with Crippen LogP contribution in [0.3, 0.4) is 0 Å². The van der Waals surface area contributed by atoms with Crippen molar-refractivity contribution in [3.8, 4) is 0 Å². The number of carbonyl (C=O) groups excluding carboxylic acids is 4. The second-order valence-electron chi connectivity index (χ2n) is 11.1. The van der Waals surface area contributed by atoms with Crippen LogP contribution in [0.2, 0.25) is 0 Å². The van der Waals surface area contributed by atoms with Gasteiger partial charge in [0, 0.05) is 25.3 Å². The molecule has 10 nitrogen and oxygen atoms in total. The summed E-state index contributed by atoms with van der Waals surface area (Å²) >= 11 is 0. The molecule has 1 atom stereocenters. The quantitative estimate of drug-likeness (QED) is 0.155. The van der Waals surface area contributed by atoms with Gasteiger partial charge in [-0.25, -0.2) is 19.6 Å². The smallest absolute Gasteiger partial charge is 0.407 e. The molecule has 0 bridgehead atoms. The Morgan fingerprint density at radius 2 is 1.51 bits per heavy atom. The number of carbonyl (C=O) groups is 4. The highest BCUT2D eigenvalue weighted by Crippen LogP contribution is 2.33. The van der Waals surface area contributed by atoms with Gasteiger partial charge in [0.2, 0.25) is 5.91 Å². The van der Waals surface area contributed by atoms with Crippen LogP contribution in [0.5, 0.6) is 0 Å². The van der Waals surface area contributed by atoms with Crippen LogP contribution in [0.4, 0.5) is 9.59 Å². The molecule has 0 saturated carbocycles. The van der Waals surface area contributed by atoms with Crippen molar-refractivity contribution in [2.75, 3.05) is 44.2 Å². The number of esters is 1. The highest BCUT2D eigenvalue weighted by atomic mass is 32.3. The third kappa shape index (κ3) is 18.9. The Morgan fingerprint density at radius 3 is 2.13 bits per heavy atom. The van der Waals surface area contributed by atoms with E-state index in [1.54, 1.807) is 20.8 Å². The summed E-state index contributed by atoms with van der Waals surface area (Å²) in [6.45, 7) is 6.64. The Morgan fingerprint density at radius 1 is 0.872 bits per heavy atom. The lowest BCUT2D eigenvalue weighted by molar-refractivity contribution is -0.155. The maximum Gasteiger partial charge on any atom is 0.407 e. The minimum atomic E-state index is -0.923. The van der Waals surface area contributed by atoms with Crippen LogP contribution in [0.1, 0.15) is 58.4 Å². The van der Waals surface area contributed by atoms with Gasteiger partial charge in [0.15, 0.2) is 0 Å². The van der Waals surface area contributed by atoms with Crippen molar-refractivity contribution >= 4 is 34.1 Å². The van der Waals surface area contributed by atoms with Crippen LogP contribution in [-0.2, 0) is 30.4 Å². The van der Waals surface area contributed by atoms with Crippen molar-refractivity contribution in [3.05, 3.63) is 35.9 Å². The molecular weight excluding hydrogens is 522 g/mol. The zero-order valence-electron chi connectivity index (χ0n) is 24.3. The average molecular weight is 570 g/mol. The van der Waals surface area contributed by atoms with Gasteiger partial charge in [-0.1, -0.05) is 30.3 Å². The summed E-state index contributed by atoms with van der Waals surface area (Å²) in [5.74, 6) is -0.0735. The number of alkyl carbamates (subject to hydrolysis) is 2. The minimum absolute atomic E-state index is 0.0200. The van der Waals surface area contributed by atoms with Crippen molar-refractivity contribution in [2.45, 2.75) is 71.1 Å². The zero-order valence-corrected chi connectivity index (χ0v) is 25.1. The molecule has 0 aliphatic rings. The molecule has 0 heterocycles. The summed E-state index contributed by atoms with van der Waals surface area (Å²) in [5.41, 5.74) is 0.283. The molecule has 1 aromatic carbocycles. The van der Waals surface area contributed by atoms with E-state index in [2.05, 4.69) is 34.7 Å². The summed E-state index contributed by atoms with van der Waals surface area (Å²) in [6.07, 6.45) is 7.46. The number of rotatable bonds is 16. The average Bonchev–Trinajstić information content (AvgIpc) is 2.83. The van der Waals surface area contributed by atoms with Gasteiger partial charge >= 0.3 is 18.2 Å². The van der Waals surface area contributed by atoms with Gasteiger partial charge in [-0.2, -0.15) is 0 Å². The normalized spacial score (nSPS) is 12.6. The molecule has 0 aliphatic heterocycles. The molecule has 3 N–H and O–H groups in total. The summed E-state index contributed by atoms with van der Waals surface area (Å²) in [4.78, 5) is 49.0. The van der Waals surface area contributed by atoms with Crippen molar-refractivity contribution in [1.82, 2.24) is 16.0 Å². The van der Waals surface area contributed by atoms with Gasteiger partial charge in [0.05, 0.1) is 0 Å². The van der Waals surface area contributed by atoms with Crippen LogP contribution < -0.4 is 16.0 Å². The van der Waals surface area contributed by atoms with E-state index in [0.29, 0.717) is 19.5 Å². The fourth-order valence-electron chi connectivity index (χ4n) is 3.22. The molecule has 0 aliphatic carbocycles. The zero-order chi connectivity index (χ0) is 29.3. The van der Waals surface area contributed by atoms with Crippen LogP contribution in [0, 0.1) is 0 Å². The fourth-order valence-corrected chi connectivity index (χ4v) is 3.80. The SMILES string of the molecule is CC(C)(C)OC(=O)CC[C@H](NC(=O)OCCS(C)(C)C)C(=O)NCCCCCNC(=O)OCc1ccccc1. The number of amides is 3. The monoisotopic (exact) mass is 569 g/mol. The van der Waals surface area contributed by atoms with Gasteiger partial charge in [-0.3, -0.25) is 9.59 Å². The minimum Gasteiger partial charge on any atom is -0.460 e. The summed E-state index contributed by atoms with van der Waals surface area (Å²) in [5, 5.41) is 8.10. The molecule has 39 heavy (non-hydrogen) atoms. The Hall–Kier alpha value is -2.95. The third-order valence-corrected chi connectivity index (χ3v) is 6.62. The molecule has 0 radical (unpaired) electrons. The van der Waals surface area contributed by atoms with Crippen LogP contribution in [-0.4, -0.2) is 79.9 Å². The van der Waals surface area contributed by atoms with E-state index in [0.717, 1.165) is 24.2 Å². The van der Waals surface area contributed by atoms with Crippen LogP contribution in [0.15, 0.2) is 30.3 Å². The van der Waals surface area contributed by atoms with E-state index in [4.69, 9.17) is 14.2 Å². The van der Waals surface area contributed by atoms with Crippen LogP contribution in [0.25, 0.3) is 0 Å². The number of hydrogen-bond donors (Lipinski definition) is 3. The molecule has 0 spiro atoms. The molecule has 0 aromatic heterocycles. The lowest BCUT2D eigenvalue weighted by atomic mass is 10.1. The third-order valence-electron chi connectivity index (χ3n) is 5.23. The van der Waals surface area contributed by atoms with E-state index in [1.807, 2.05) is 30.3 Å². The number of nitrogens with one attached hydrogen (secondary N) is 3. The Balaban J connectivity index is 2.37. The lowest BCUT2D eigenvalue weighted by Gasteiger charge is -2.25. The number of unbranched alkanes of at least 4 members (excludes halogenated alkanes) is 2. The predicted octanol–water partition coefficient (Wildman–Crippen LogP) is 4.11. The molecule has 0 saturated heterocycles. The summed E-state index contributed by atoms with van der Waals surface area (Å²) < 4.78 is 15.7. The molecule has 0 fully saturated rings. The van der Waals surface area contributed by atoms with Gasteiger partial charge in [0.25, 0.3) is 0 Å². The highest BCUT2D eigenvalue weighted by molar-refractivity contribution is 8.32. The lowest BCUT2D eigenvalue weighted by Crippen LogP contribution is -2.47. The summed E-state index contributed by atoms with van der Waals surface area (Å²) in [7, 11) is -0.820. The standard InChI is InChI=1S/C28H47N3O7S/c1-28(2,3)38-24(32)16-15-23(31-27(35)36-19-20-39(4,5)6)25(33)29-17-11-8-12-18-30-26(34)37-21-22-13-9-7-10-14-22/h7,9-10,13-14,23H,8,11-12,15-21H2,1-6H3,(H,29,33)(H,30,34)(H,31,35)/t23-/m0/s1. The van der Waals surface area contributed by atoms with Crippen molar-refractivity contribution < 1.29 is 33.4 Å². The molecule has 222 valence electrons. The maximum absolute atomic E-state index is 12.8. The van der Waals surface area contributed by atoms with E-state index < -0.39 is 39.8 Å². The molecule has 1 rings (SSSR count). The van der Waals surface area contributed by atoms with Gasteiger partial charge in [-0.05, 0) is 70.8 Å². The molecule has 11 heteroatoms. The first-order chi connectivity index (χ1) is 18.2. The molecule has 3 amide bonds. The van der Waals surface area contributed by atoms with Crippen molar-refractivity contribution in [1.29, 1.82) is 0 Å². The summed E-state index contributed by atoms with van der Waals surface area (Å²) in [6, 6.07) is 8.51. The van der Waals surface area contributed by atoms with E-state index >= 15 is 0 Å². The van der Waals surface area contributed by atoms with Crippen LogP contribution >= 0.6 is 10.0 Å². The molecular formula is C28H47N3O7S. The number of ether oxygens (including phenoxy) is 3. The molecule has 0 unspecified atom stereocenters. The Kier molecular flexibility index (Phi) is 15.4. The Labute approximate surface area is 234 Å². The Bertz CT molecular complexity index is 899. The molecule has 1 aromatic rings. The largest absolute Gasteiger partial charge is 0.460 e. The maximum atomic E-state index is 12.8. The first-order valence-corrected chi connectivity index (χ1v) is 16.3. The second-order valence-corrected chi connectivity index (χ2v) is 15.7. The predicted molar refractivity (Wildman–Crippen MR) is 155 cm³/mol. The first-order valence-electron chi connectivity index (χ1n) is 13.3. The van der Waals surface area contributed by atoms with Gasteiger partial charge < -0.3 is 30.2 Å². The fraction of sp³-hybridized carbons (Fsp3) is 0.643. The van der Waals surface area contributed by atoms with Gasteiger partial charge in [-0.15, -0.1) is 0 Å². The first kappa shape index (κ1) is 34.1. The number of benzene rings is 1. The highest BCUT2D eigenvalue weighted by Gasteiger charge is 2.24. The topological polar surface area (TPSA) is 132 Å². The van der Waals surface area contributed by atoms with Crippen molar-refractivity contribution in [3.63, 3.8) is 0 Å². The van der Waals surface area contributed by atoms with Crippen molar-refractivity contribution in [2.24, 2.45) is 0 Å². The van der Waals surface area contributed by atoms with Gasteiger partial charge in [0.1, 0.15) is 24.9 Å². The van der Waals surface area contributed by atoms with E-state index in [9.17, 15) is 19.2 Å². The second kappa shape index (κ2) is 17.6. The van der Waals surface area contributed by atoms with E-state index in [-0.39, 0.29) is 32.0 Å². The van der Waals surface area contributed by atoms with E-state index in [1.165, 1.54) is 0 Å².